The van der Waals surface area contributed by atoms with Crippen LogP contribution >= 0.6 is 11.8 Å². The highest BCUT2D eigenvalue weighted by atomic mass is 32.2. The fourth-order valence-corrected chi connectivity index (χ4v) is 3.89. The number of thioether (sulfide) groups is 1. The summed E-state index contributed by atoms with van der Waals surface area (Å²) >= 11 is 1.73. The first-order valence-corrected chi connectivity index (χ1v) is 11.1. The van der Waals surface area contributed by atoms with Crippen LogP contribution in [0.5, 0.6) is 5.75 Å². The third-order valence-corrected chi connectivity index (χ3v) is 6.00. The van der Waals surface area contributed by atoms with E-state index >= 15 is 0 Å². The van der Waals surface area contributed by atoms with Gasteiger partial charge in [0.1, 0.15) is 18.1 Å². The Balaban J connectivity index is 1.29. The van der Waals surface area contributed by atoms with Gasteiger partial charge >= 0.3 is 0 Å². The van der Waals surface area contributed by atoms with Crippen LogP contribution < -0.4 is 10.1 Å². The van der Waals surface area contributed by atoms with E-state index in [0.717, 1.165) is 33.4 Å². The molecule has 2 aromatic carbocycles. The van der Waals surface area contributed by atoms with Crippen molar-refractivity contribution in [1.29, 1.82) is 0 Å². The van der Waals surface area contributed by atoms with Gasteiger partial charge < -0.3 is 14.6 Å². The molecule has 7 heteroatoms. The van der Waals surface area contributed by atoms with Crippen LogP contribution in [0.3, 0.4) is 0 Å². The normalized spacial score (nSPS) is 10.7. The van der Waals surface area contributed by atoms with Crippen molar-refractivity contribution in [2.75, 3.05) is 5.32 Å². The fourth-order valence-electron chi connectivity index (χ4n) is 3.05. The van der Waals surface area contributed by atoms with Gasteiger partial charge in [0.25, 0.3) is 5.91 Å². The Kier molecular flexibility index (Phi) is 6.87. The summed E-state index contributed by atoms with van der Waals surface area (Å²) in [6, 6.07) is 18.9. The third-order valence-electron chi connectivity index (χ3n) is 4.92. The number of pyridine rings is 1. The molecule has 0 aliphatic carbocycles. The Bertz CT molecular complexity index is 1150. The smallest absolute Gasteiger partial charge is 0.255 e. The van der Waals surface area contributed by atoms with E-state index in [4.69, 9.17) is 9.26 Å². The zero-order valence-electron chi connectivity index (χ0n) is 17.9. The Morgan fingerprint density at radius 2 is 1.84 bits per heavy atom. The molecule has 0 saturated heterocycles. The van der Waals surface area contributed by atoms with Crippen molar-refractivity contribution in [3.8, 4) is 5.75 Å². The number of anilines is 1. The van der Waals surface area contributed by atoms with Crippen molar-refractivity contribution < 1.29 is 14.1 Å². The van der Waals surface area contributed by atoms with E-state index in [0.29, 0.717) is 17.9 Å². The number of nitrogens with zero attached hydrogens (tertiary/aromatic N) is 2. The summed E-state index contributed by atoms with van der Waals surface area (Å²) in [6.45, 7) is 4.12. The summed E-state index contributed by atoms with van der Waals surface area (Å²) in [6.07, 6.45) is 3.64. The number of nitrogens with one attached hydrogen (secondary N) is 1. The molecule has 2 aromatic heterocycles. The Hall–Kier alpha value is -3.58. The molecule has 0 bridgehead atoms. The topological polar surface area (TPSA) is 77.2 Å². The molecule has 2 heterocycles. The summed E-state index contributed by atoms with van der Waals surface area (Å²) in [5.41, 5.74) is 4.24. The number of rotatable bonds is 8. The van der Waals surface area contributed by atoms with Gasteiger partial charge in [0, 0.05) is 34.3 Å². The Morgan fingerprint density at radius 3 is 2.50 bits per heavy atom. The molecule has 4 rings (SSSR count). The Labute approximate surface area is 191 Å². The lowest BCUT2D eigenvalue weighted by Crippen LogP contribution is -2.11. The molecule has 0 atom stereocenters. The largest absolute Gasteiger partial charge is 0.489 e. The molecular weight excluding hydrogens is 422 g/mol. The number of ether oxygens (including phenoxy) is 1. The molecule has 0 unspecified atom stereocenters. The van der Waals surface area contributed by atoms with Gasteiger partial charge in [-0.2, -0.15) is 0 Å². The molecule has 1 amide bonds. The first-order valence-electron chi connectivity index (χ1n) is 10.2. The summed E-state index contributed by atoms with van der Waals surface area (Å²) in [5, 5.41) is 6.85. The molecule has 32 heavy (non-hydrogen) atoms. The lowest BCUT2D eigenvalue weighted by Gasteiger charge is -2.09. The third kappa shape index (κ3) is 5.56. The average molecular weight is 446 g/mol. The van der Waals surface area contributed by atoms with Gasteiger partial charge in [0.2, 0.25) is 0 Å². The minimum Gasteiger partial charge on any atom is -0.489 e. The molecular formula is C25H23N3O3S. The SMILES string of the molecule is Cc1noc(C)c1COc1ccc(C(=O)Nc2ccc(SCc3cccnc3)cc2)cc1. The number of hydrogen-bond acceptors (Lipinski definition) is 6. The second-order valence-corrected chi connectivity index (χ2v) is 8.29. The van der Waals surface area contributed by atoms with Crippen LogP contribution in [0.4, 0.5) is 5.69 Å². The second kappa shape index (κ2) is 10.2. The maximum atomic E-state index is 12.6. The molecule has 0 fully saturated rings. The molecule has 1 N–H and O–H groups in total. The van der Waals surface area contributed by atoms with Crippen molar-refractivity contribution in [3.05, 3.63) is 101 Å². The number of carbonyl (C=O) groups excluding carboxylic acids is 1. The maximum Gasteiger partial charge on any atom is 0.255 e. The quantitative estimate of drug-likeness (QED) is 0.345. The molecule has 0 radical (unpaired) electrons. The van der Waals surface area contributed by atoms with E-state index in [1.165, 1.54) is 5.56 Å². The minimum atomic E-state index is -0.168. The van der Waals surface area contributed by atoms with Crippen molar-refractivity contribution in [3.63, 3.8) is 0 Å². The van der Waals surface area contributed by atoms with Crippen molar-refractivity contribution >= 4 is 23.4 Å². The van der Waals surface area contributed by atoms with Gasteiger partial charge in [-0.3, -0.25) is 9.78 Å². The lowest BCUT2D eigenvalue weighted by atomic mass is 10.2. The van der Waals surface area contributed by atoms with Gasteiger partial charge in [-0.1, -0.05) is 11.2 Å². The number of hydrogen-bond donors (Lipinski definition) is 1. The second-order valence-electron chi connectivity index (χ2n) is 7.24. The molecule has 4 aromatic rings. The van der Waals surface area contributed by atoms with Gasteiger partial charge in [-0.05, 0) is 74.0 Å². The van der Waals surface area contributed by atoms with E-state index < -0.39 is 0 Å². The Morgan fingerprint density at radius 1 is 1.06 bits per heavy atom. The zero-order chi connectivity index (χ0) is 22.3. The fraction of sp³-hybridized carbons (Fsp3) is 0.160. The highest BCUT2D eigenvalue weighted by Crippen LogP contribution is 2.24. The zero-order valence-corrected chi connectivity index (χ0v) is 18.7. The standard InChI is InChI=1S/C25H23N3O3S/c1-17-24(18(2)31-28-17)15-30-22-9-5-20(6-10-22)25(29)27-21-7-11-23(12-8-21)32-16-19-4-3-13-26-14-19/h3-14H,15-16H2,1-2H3,(H,27,29). The van der Waals surface area contributed by atoms with Crippen molar-refractivity contribution in [1.82, 2.24) is 10.1 Å². The minimum absolute atomic E-state index is 0.168. The van der Waals surface area contributed by atoms with Crippen LogP contribution in [0, 0.1) is 13.8 Å². The van der Waals surface area contributed by atoms with Crippen molar-refractivity contribution in [2.24, 2.45) is 0 Å². The predicted molar refractivity (Wildman–Crippen MR) is 125 cm³/mol. The van der Waals surface area contributed by atoms with Crippen LogP contribution in [0.2, 0.25) is 0 Å². The highest BCUT2D eigenvalue weighted by molar-refractivity contribution is 7.98. The average Bonchev–Trinajstić information content (AvgIpc) is 3.15. The number of aromatic nitrogens is 2. The first kappa shape index (κ1) is 21.6. The summed E-state index contributed by atoms with van der Waals surface area (Å²) in [4.78, 5) is 17.8. The van der Waals surface area contributed by atoms with Gasteiger partial charge in [-0.15, -0.1) is 11.8 Å². The van der Waals surface area contributed by atoms with E-state index in [1.54, 1.807) is 42.2 Å². The molecule has 0 spiro atoms. The van der Waals surface area contributed by atoms with Crippen LogP contribution in [0.25, 0.3) is 0 Å². The number of aryl methyl sites for hydroxylation is 2. The van der Waals surface area contributed by atoms with Crippen LogP contribution in [-0.2, 0) is 12.4 Å². The molecule has 0 aliphatic rings. The summed E-state index contributed by atoms with van der Waals surface area (Å²) in [7, 11) is 0. The van der Waals surface area contributed by atoms with Crippen LogP contribution in [0.1, 0.15) is 32.9 Å². The monoisotopic (exact) mass is 445 g/mol. The maximum absolute atomic E-state index is 12.6. The van der Waals surface area contributed by atoms with Gasteiger partial charge in [-0.25, -0.2) is 0 Å². The van der Waals surface area contributed by atoms with Gasteiger partial charge in [0.05, 0.1) is 11.3 Å². The van der Waals surface area contributed by atoms with E-state index in [2.05, 4.69) is 21.5 Å². The highest BCUT2D eigenvalue weighted by Gasteiger charge is 2.10. The summed E-state index contributed by atoms with van der Waals surface area (Å²) < 4.78 is 10.9. The van der Waals surface area contributed by atoms with Crippen LogP contribution in [-0.4, -0.2) is 16.0 Å². The lowest BCUT2D eigenvalue weighted by molar-refractivity contribution is 0.102. The van der Waals surface area contributed by atoms with E-state index in [9.17, 15) is 4.79 Å². The molecule has 0 saturated carbocycles. The van der Waals surface area contributed by atoms with Gasteiger partial charge in [0.15, 0.2) is 0 Å². The number of carbonyl (C=O) groups is 1. The number of benzene rings is 2. The van der Waals surface area contributed by atoms with E-state index in [1.807, 2.05) is 50.4 Å². The molecule has 6 nitrogen and oxygen atoms in total. The first-order chi connectivity index (χ1) is 15.6. The predicted octanol–water partition coefficient (Wildman–Crippen LogP) is 5.81. The van der Waals surface area contributed by atoms with Crippen LogP contribution in [0.15, 0.2) is 82.5 Å². The van der Waals surface area contributed by atoms with E-state index in [-0.39, 0.29) is 5.91 Å². The van der Waals surface area contributed by atoms with Crippen molar-refractivity contribution in [2.45, 2.75) is 31.1 Å². The molecule has 0 aliphatic heterocycles. The molecule has 162 valence electrons. The summed E-state index contributed by atoms with van der Waals surface area (Å²) in [5.74, 6) is 2.11. The number of amides is 1.